The van der Waals surface area contributed by atoms with Crippen molar-refractivity contribution in [2.75, 3.05) is 0 Å². The van der Waals surface area contributed by atoms with Gasteiger partial charge in [-0.2, -0.15) is 0 Å². The molecular weight excluding hydrogens is 210 g/mol. The molecule has 1 N–H and O–H groups in total. The fourth-order valence-corrected chi connectivity index (χ4v) is 2.08. The number of amides is 1. The maximum absolute atomic E-state index is 12.0. The largest absolute Gasteiger partial charge is 0.350 e. The number of hydrogen-bond acceptors (Lipinski definition) is 1. The van der Waals surface area contributed by atoms with Crippen molar-refractivity contribution in [3.63, 3.8) is 0 Å². The van der Waals surface area contributed by atoms with Gasteiger partial charge < -0.3 is 5.32 Å². The Morgan fingerprint density at radius 1 is 1.29 bits per heavy atom. The maximum Gasteiger partial charge on any atom is 0.251 e. The Hall–Kier alpha value is -1.31. The van der Waals surface area contributed by atoms with Crippen molar-refractivity contribution < 1.29 is 4.79 Å². The zero-order chi connectivity index (χ0) is 12.6. The smallest absolute Gasteiger partial charge is 0.251 e. The highest BCUT2D eigenvalue weighted by Crippen LogP contribution is 2.47. The van der Waals surface area contributed by atoms with Crippen molar-refractivity contribution in [2.24, 2.45) is 0 Å². The van der Waals surface area contributed by atoms with Gasteiger partial charge in [-0.05, 0) is 56.7 Å². The third-order valence-electron chi connectivity index (χ3n) is 3.46. The van der Waals surface area contributed by atoms with Crippen molar-refractivity contribution in [2.45, 2.75) is 52.0 Å². The van der Waals surface area contributed by atoms with Crippen LogP contribution in [-0.2, 0) is 5.41 Å². The quantitative estimate of drug-likeness (QED) is 0.850. The van der Waals surface area contributed by atoms with Gasteiger partial charge in [-0.3, -0.25) is 4.79 Å². The lowest BCUT2D eigenvalue weighted by Gasteiger charge is -2.14. The van der Waals surface area contributed by atoms with Crippen LogP contribution < -0.4 is 5.32 Å². The predicted molar refractivity (Wildman–Crippen MR) is 70.4 cm³/mol. The molecule has 0 spiro atoms. The standard InChI is InChI=1S/C15H21NO/c1-10(2)16-14(17)12-7-11(3)8-13(9-12)15(4)5-6-15/h7-10H,5-6H2,1-4H3,(H,16,17). The molecule has 1 aliphatic rings. The molecular formula is C15H21NO. The van der Waals surface area contributed by atoms with E-state index in [-0.39, 0.29) is 11.9 Å². The maximum atomic E-state index is 12.0. The molecule has 2 rings (SSSR count). The van der Waals surface area contributed by atoms with E-state index in [1.807, 2.05) is 19.9 Å². The number of benzene rings is 1. The van der Waals surface area contributed by atoms with Gasteiger partial charge in [0.15, 0.2) is 0 Å². The van der Waals surface area contributed by atoms with Crippen molar-refractivity contribution in [1.29, 1.82) is 0 Å². The monoisotopic (exact) mass is 231 g/mol. The average Bonchev–Trinajstić information content (AvgIpc) is 2.96. The Bertz CT molecular complexity index is 444. The molecule has 0 heterocycles. The molecule has 2 nitrogen and oxygen atoms in total. The molecule has 0 aromatic heterocycles. The van der Waals surface area contributed by atoms with E-state index in [1.54, 1.807) is 0 Å². The van der Waals surface area contributed by atoms with Gasteiger partial charge in [-0.15, -0.1) is 0 Å². The highest BCUT2D eigenvalue weighted by atomic mass is 16.1. The molecule has 0 unspecified atom stereocenters. The molecule has 0 atom stereocenters. The Kier molecular flexibility index (Phi) is 2.98. The van der Waals surface area contributed by atoms with Gasteiger partial charge in [0.2, 0.25) is 0 Å². The second-order valence-corrected chi connectivity index (χ2v) is 5.78. The number of carbonyl (C=O) groups excluding carboxylic acids is 1. The second kappa shape index (κ2) is 4.17. The minimum atomic E-state index is 0.0363. The first kappa shape index (κ1) is 12.2. The number of rotatable bonds is 3. The van der Waals surface area contributed by atoms with Gasteiger partial charge in [0.25, 0.3) is 5.91 Å². The molecule has 1 aliphatic carbocycles. The van der Waals surface area contributed by atoms with Crippen LogP contribution in [0.2, 0.25) is 0 Å². The summed E-state index contributed by atoms with van der Waals surface area (Å²) in [5.41, 5.74) is 3.59. The lowest BCUT2D eigenvalue weighted by molar-refractivity contribution is 0.0943. The zero-order valence-electron chi connectivity index (χ0n) is 11.1. The Labute approximate surface area is 103 Å². The normalized spacial score (nSPS) is 17.0. The second-order valence-electron chi connectivity index (χ2n) is 5.78. The van der Waals surface area contributed by atoms with Crippen molar-refractivity contribution in [3.05, 3.63) is 34.9 Å². The van der Waals surface area contributed by atoms with E-state index >= 15 is 0 Å². The first-order valence-corrected chi connectivity index (χ1v) is 6.34. The number of aryl methyl sites for hydroxylation is 1. The summed E-state index contributed by atoms with van der Waals surface area (Å²) in [7, 11) is 0. The average molecular weight is 231 g/mol. The van der Waals surface area contributed by atoms with E-state index in [0.29, 0.717) is 5.41 Å². The van der Waals surface area contributed by atoms with Gasteiger partial charge in [-0.25, -0.2) is 0 Å². The molecule has 2 heteroatoms. The molecule has 1 saturated carbocycles. The van der Waals surface area contributed by atoms with Crippen LogP contribution in [0.1, 0.15) is 55.1 Å². The minimum absolute atomic E-state index is 0.0363. The summed E-state index contributed by atoms with van der Waals surface area (Å²) >= 11 is 0. The van der Waals surface area contributed by atoms with Crippen LogP contribution >= 0.6 is 0 Å². The van der Waals surface area contributed by atoms with Crippen LogP contribution in [0.15, 0.2) is 18.2 Å². The highest BCUT2D eigenvalue weighted by molar-refractivity contribution is 5.94. The molecule has 0 radical (unpaired) electrons. The summed E-state index contributed by atoms with van der Waals surface area (Å²) in [5, 5.41) is 2.95. The summed E-state index contributed by atoms with van der Waals surface area (Å²) in [4.78, 5) is 12.0. The van der Waals surface area contributed by atoms with Crippen molar-refractivity contribution >= 4 is 5.91 Å². The number of carbonyl (C=O) groups is 1. The van der Waals surface area contributed by atoms with Crippen LogP contribution in [0.25, 0.3) is 0 Å². The molecule has 1 fully saturated rings. The molecule has 0 aliphatic heterocycles. The van der Waals surface area contributed by atoms with Gasteiger partial charge in [0.05, 0.1) is 0 Å². The van der Waals surface area contributed by atoms with Crippen molar-refractivity contribution in [3.8, 4) is 0 Å². The molecule has 92 valence electrons. The topological polar surface area (TPSA) is 29.1 Å². The highest BCUT2D eigenvalue weighted by Gasteiger charge is 2.39. The molecule has 0 bridgehead atoms. The lowest BCUT2D eigenvalue weighted by Crippen LogP contribution is -2.30. The van der Waals surface area contributed by atoms with Crippen LogP contribution in [0.5, 0.6) is 0 Å². The molecule has 17 heavy (non-hydrogen) atoms. The Morgan fingerprint density at radius 3 is 2.47 bits per heavy atom. The first-order valence-electron chi connectivity index (χ1n) is 6.34. The third-order valence-corrected chi connectivity index (χ3v) is 3.46. The van der Waals surface area contributed by atoms with Crippen LogP contribution in [-0.4, -0.2) is 11.9 Å². The predicted octanol–water partition coefficient (Wildman–Crippen LogP) is 3.18. The van der Waals surface area contributed by atoms with E-state index in [0.717, 1.165) is 5.56 Å². The minimum Gasteiger partial charge on any atom is -0.350 e. The van der Waals surface area contributed by atoms with Crippen molar-refractivity contribution in [1.82, 2.24) is 5.32 Å². The summed E-state index contributed by atoms with van der Waals surface area (Å²) in [6.07, 6.45) is 2.48. The molecule has 0 saturated heterocycles. The first-order chi connectivity index (χ1) is 7.90. The summed E-state index contributed by atoms with van der Waals surface area (Å²) in [6.45, 7) is 8.29. The SMILES string of the molecule is Cc1cc(C(=O)NC(C)C)cc(C2(C)CC2)c1. The van der Waals surface area contributed by atoms with E-state index in [1.165, 1.54) is 24.0 Å². The molecule has 1 amide bonds. The molecule has 1 aromatic carbocycles. The van der Waals surface area contributed by atoms with E-state index < -0.39 is 0 Å². The van der Waals surface area contributed by atoms with Gasteiger partial charge in [0, 0.05) is 11.6 Å². The Morgan fingerprint density at radius 2 is 1.94 bits per heavy atom. The third kappa shape index (κ3) is 2.68. The summed E-state index contributed by atoms with van der Waals surface area (Å²) < 4.78 is 0. The fraction of sp³-hybridized carbons (Fsp3) is 0.533. The van der Waals surface area contributed by atoms with Gasteiger partial charge in [-0.1, -0.05) is 18.6 Å². The summed E-state index contributed by atoms with van der Waals surface area (Å²) in [5.74, 6) is 0.0363. The van der Waals surface area contributed by atoms with Crippen LogP contribution in [0.4, 0.5) is 0 Å². The van der Waals surface area contributed by atoms with E-state index in [9.17, 15) is 4.79 Å². The zero-order valence-corrected chi connectivity index (χ0v) is 11.1. The van der Waals surface area contributed by atoms with Gasteiger partial charge >= 0.3 is 0 Å². The molecule has 1 aromatic rings. The number of hydrogen-bond donors (Lipinski definition) is 1. The Balaban J connectivity index is 2.29. The van der Waals surface area contributed by atoms with Crippen LogP contribution in [0.3, 0.4) is 0 Å². The lowest BCUT2D eigenvalue weighted by atomic mass is 9.94. The number of nitrogens with one attached hydrogen (secondary N) is 1. The fourth-order valence-electron chi connectivity index (χ4n) is 2.08. The summed E-state index contributed by atoms with van der Waals surface area (Å²) in [6, 6.07) is 6.41. The van der Waals surface area contributed by atoms with Crippen LogP contribution in [0, 0.1) is 6.92 Å². The van der Waals surface area contributed by atoms with E-state index in [2.05, 4.69) is 31.3 Å². The van der Waals surface area contributed by atoms with Gasteiger partial charge in [0.1, 0.15) is 0 Å². The van der Waals surface area contributed by atoms with E-state index in [4.69, 9.17) is 0 Å².